The Labute approximate surface area is 123 Å². The fourth-order valence-corrected chi connectivity index (χ4v) is 2.47. The maximum Gasteiger partial charge on any atom is 0.209 e. The molecule has 1 aromatic rings. The number of rotatable bonds is 7. The van der Waals surface area contributed by atoms with Crippen LogP contribution in [0.25, 0.3) is 0 Å². The van der Waals surface area contributed by atoms with E-state index in [0.29, 0.717) is 28.8 Å². The van der Waals surface area contributed by atoms with Gasteiger partial charge in [-0.1, -0.05) is 30.1 Å². The summed E-state index contributed by atoms with van der Waals surface area (Å²) in [6, 6.07) is 5.06. The lowest BCUT2D eigenvalue weighted by Gasteiger charge is -2.12. The van der Waals surface area contributed by atoms with E-state index >= 15 is 0 Å². The molecule has 0 saturated heterocycles. The molecule has 0 bridgehead atoms. The first-order valence-corrected chi connectivity index (χ1v) is 8.33. The van der Waals surface area contributed by atoms with Gasteiger partial charge >= 0.3 is 0 Å². The monoisotopic (exact) mass is 325 g/mol. The van der Waals surface area contributed by atoms with Gasteiger partial charge in [-0.25, -0.2) is 13.6 Å². The first-order chi connectivity index (χ1) is 8.78. The molecule has 19 heavy (non-hydrogen) atoms. The van der Waals surface area contributed by atoms with E-state index in [1.165, 1.54) is 0 Å². The van der Waals surface area contributed by atoms with Crippen LogP contribution in [-0.4, -0.2) is 20.8 Å². The first kappa shape index (κ1) is 16.6. The second-order valence-electron chi connectivity index (χ2n) is 4.47. The van der Waals surface area contributed by atoms with Gasteiger partial charge in [-0.15, -0.1) is 0 Å². The van der Waals surface area contributed by atoms with Crippen LogP contribution in [0.1, 0.15) is 19.8 Å². The molecule has 0 saturated carbocycles. The highest BCUT2D eigenvalue weighted by Crippen LogP contribution is 2.26. The molecule has 0 spiro atoms. The average molecular weight is 326 g/mol. The highest BCUT2D eigenvalue weighted by molar-refractivity contribution is 7.89. The minimum atomic E-state index is -3.38. The molecule has 0 fully saturated rings. The highest BCUT2D eigenvalue weighted by Gasteiger charge is 2.08. The first-order valence-electron chi connectivity index (χ1n) is 5.86. The molecular formula is C12H17Cl2NO3S. The zero-order valence-electron chi connectivity index (χ0n) is 10.6. The van der Waals surface area contributed by atoms with Crippen LogP contribution in [-0.2, 0) is 10.0 Å². The van der Waals surface area contributed by atoms with Gasteiger partial charge in [-0.05, 0) is 30.9 Å². The van der Waals surface area contributed by atoms with Crippen molar-refractivity contribution < 1.29 is 13.2 Å². The van der Waals surface area contributed by atoms with Gasteiger partial charge in [0.15, 0.2) is 0 Å². The Balaban J connectivity index is 2.31. The van der Waals surface area contributed by atoms with Gasteiger partial charge in [0, 0.05) is 6.07 Å². The van der Waals surface area contributed by atoms with E-state index in [2.05, 4.69) is 0 Å². The van der Waals surface area contributed by atoms with E-state index < -0.39 is 10.0 Å². The van der Waals surface area contributed by atoms with Gasteiger partial charge in [0.25, 0.3) is 0 Å². The van der Waals surface area contributed by atoms with E-state index in [1.54, 1.807) is 18.2 Å². The maximum absolute atomic E-state index is 10.8. The Morgan fingerprint density at radius 2 is 1.95 bits per heavy atom. The number of sulfonamides is 1. The van der Waals surface area contributed by atoms with Gasteiger partial charge in [-0.2, -0.15) is 0 Å². The van der Waals surface area contributed by atoms with Gasteiger partial charge in [0.1, 0.15) is 5.75 Å². The van der Waals surface area contributed by atoms with Crippen molar-refractivity contribution in [3.8, 4) is 5.75 Å². The molecular weight excluding hydrogens is 309 g/mol. The average Bonchev–Trinajstić information content (AvgIpc) is 2.30. The molecule has 1 aromatic carbocycles. The van der Waals surface area contributed by atoms with Crippen molar-refractivity contribution in [1.82, 2.24) is 0 Å². The van der Waals surface area contributed by atoms with Crippen molar-refractivity contribution >= 4 is 33.2 Å². The Hall–Kier alpha value is -0.490. The van der Waals surface area contributed by atoms with Crippen molar-refractivity contribution in [2.75, 3.05) is 12.4 Å². The van der Waals surface area contributed by atoms with E-state index in [1.807, 2.05) is 6.92 Å². The number of nitrogens with two attached hydrogens (primary N) is 1. The van der Waals surface area contributed by atoms with Crippen LogP contribution in [0, 0.1) is 5.92 Å². The summed E-state index contributed by atoms with van der Waals surface area (Å²) in [6.07, 6.45) is 1.28. The summed E-state index contributed by atoms with van der Waals surface area (Å²) in [5, 5.41) is 5.88. The molecule has 7 heteroatoms. The number of halogens is 2. The van der Waals surface area contributed by atoms with Gasteiger partial charge in [0.2, 0.25) is 10.0 Å². The molecule has 1 atom stereocenters. The van der Waals surface area contributed by atoms with Crippen LogP contribution >= 0.6 is 23.2 Å². The largest absolute Gasteiger partial charge is 0.494 e. The molecule has 108 valence electrons. The molecule has 0 aliphatic rings. The van der Waals surface area contributed by atoms with Crippen LogP contribution in [0.15, 0.2) is 18.2 Å². The second kappa shape index (κ2) is 7.33. The predicted octanol–water partition coefficient (Wildman–Crippen LogP) is 3.08. The lowest BCUT2D eigenvalue weighted by molar-refractivity contribution is 0.282. The lowest BCUT2D eigenvalue weighted by Crippen LogP contribution is -2.18. The molecule has 2 N–H and O–H groups in total. The minimum Gasteiger partial charge on any atom is -0.494 e. The topological polar surface area (TPSA) is 69.4 Å². The third-order valence-corrected chi connectivity index (χ3v) is 4.21. The summed E-state index contributed by atoms with van der Waals surface area (Å²) < 4.78 is 27.2. The molecule has 1 unspecified atom stereocenters. The van der Waals surface area contributed by atoms with Crippen molar-refractivity contribution in [3.63, 3.8) is 0 Å². The molecule has 0 heterocycles. The molecule has 0 aliphatic carbocycles. The van der Waals surface area contributed by atoms with Gasteiger partial charge in [-0.3, -0.25) is 0 Å². The van der Waals surface area contributed by atoms with E-state index in [4.69, 9.17) is 33.1 Å². The smallest absolute Gasteiger partial charge is 0.209 e. The Bertz CT molecular complexity index is 520. The SMILES string of the molecule is CC(CCOc1ccc(Cl)c(Cl)c1)CCS(N)(=O)=O. The summed E-state index contributed by atoms with van der Waals surface area (Å²) in [4.78, 5) is 0. The zero-order valence-corrected chi connectivity index (χ0v) is 12.9. The Morgan fingerprint density at radius 1 is 1.26 bits per heavy atom. The van der Waals surface area contributed by atoms with Crippen LogP contribution in [0.5, 0.6) is 5.75 Å². The van der Waals surface area contributed by atoms with Crippen molar-refractivity contribution in [3.05, 3.63) is 28.2 Å². The molecule has 0 aromatic heterocycles. The third kappa shape index (κ3) is 7.01. The minimum absolute atomic E-state index is 0.000932. The summed E-state index contributed by atoms with van der Waals surface area (Å²) in [7, 11) is -3.38. The standard InChI is InChI=1S/C12H17Cl2NO3S/c1-9(5-7-19(15,16)17)4-6-18-10-2-3-11(13)12(14)8-10/h2-3,8-9H,4-7H2,1H3,(H2,15,16,17). The predicted molar refractivity (Wildman–Crippen MR) is 78.3 cm³/mol. The van der Waals surface area contributed by atoms with Gasteiger partial charge in [0.05, 0.1) is 22.4 Å². The van der Waals surface area contributed by atoms with E-state index in [0.717, 1.165) is 6.42 Å². The molecule has 0 radical (unpaired) electrons. The normalized spacial score (nSPS) is 13.3. The lowest BCUT2D eigenvalue weighted by atomic mass is 10.1. The summed E-state index contributed by atoms with van der Waals surface area (Å²) in [6.45, 7) is 2.45. The van der Waals surface area contributed by atoms with E-state index in [9.17, 15) is 8.42 Å². The quantitative estimate of drug-likeness (QED) is 0.837. The third-order valence-electron chi connectivity index (χ3n) is 2.67. The number of hydrogen-bond donors (Lipinski definition) is 1. The fraction of sp³-hybridized carbons (Fsp3) is 0.500. The Morgan fingerprint density at radius 3 is 2.53 bits per heavy atom. The number of benzene rings is 1. The number of primary sulfonamides is 1. The number of ether oxygens (including phenoxy) is 1. The second-order valence-corrected chi connectivity index (χ2v) is 7.02. The van der Waals surface area contributed by atoms with Crippen molar-refractivity contribution in [2.45, 2.75) is 19.8 Å². The molecule has 1 rings (SSSR count). The summed E-state index contributed by atoms with van der Waals surface area (Å²) >= 11 is 11.7. The fourth-order valence-electron chi connectivity index (χ4n) is 1.45. The summed E-state index contributed by atoms with van der Waals surface area (Å²) in [5.41, 5.74) is 0. The summed E-state index contributed by atoms with van der Waals surface area (Å²) in [5.74, 6) is 0.871. The maximum atomic E-state index is 10.8. The molecule has 4 nitrogen and oxygen atoms in total. The van der Waals surface area contributed by atoms with Crippen molar-refractivity contribution in [2.24, 2.45) is 11.1 Å². The van der Waals surface area contributed by atoms with Crippen LogP contribution in [0.3, 0.4) is 0 Å². The molecule has 0 amide bonds. The number of hydrogen-bond acceptors (Lipinski definition) is 3. The highest BCUT2D eigenvalue weighted by atomic mass is 35.5. The zero-order chi connectivity index (χ0) is 14.5. The van der Waals surface area contributed by atoms with Crippen LogP contribution in [0.4, 0.5) is 0 Å². The molecule has 0 aliphatic heterocycles. The van der Waals surface area contributed by atoms with Gasteiger partial charge < -0.3 is 4.74 Å². The van der Waals surface area contributed by atoms with Crippen molar-refractivity contribution in [1.29, 1.82) is 0 Å². The Kier molecular flexibility index (Phi) is 6.39. The van der Waals surface area contributed by atoms with Crippen LogP contribution < -0.4 is 9.88 Å². The van der Waals surface area contributed by atoms with E-state index in [-0.39, 0.29) is 11.7 Å². The van der Waals surface area contributed by atoms with Crippen LogP contribution in [0.2, 0.25) is 10.0 Å².